The van der Waals surface area contributed by atoms with Crippen LogP contribution in [0.5, 0.6) is 5.75 Å². The molecular formula is C22H29IN4O4. The van der Waals surface area contributed by atoms with Gasteiger partial charge in [0.05, 0.1) is 25.2 Å². The molecule has 31 heavy (non-hydrogen) atoms. The molecule has 168 valence electrons. The van der Waals surface area contributed by atoms with Crippen LogP contribution in [0.1, 0.15) is 17.5 Å². The molecule has 2 N–H and O–H groups in total. The Balaban J connectivity index is 0.00000341. The maximum Gasteiger partial charge on any atom is 0.269 e. The molecule has 1 saturated heterocycles. The monoisotopic (exact) mass is 540 g/mol. The standard InChI is InChI=1S/C22H28N4O4.HI/c1-29-21-8-4-17(5-9-21)10-12-23-22(25-15-19-11-13-30-16-19)24-14-18-2-6-20(7-3-18)26(27)28;/h2-9,19H,10-16H2,1H3,(H2,23,24,25);1H. The van der Waals surface area contributed by atoms with E-state index in [9.17, 15) is 10.1 Å². The second kappa shape index (κ2) is 13.1. The molecule has 9 heteroatoms. The van der Waals surface area contributed by atoms with Gasteiger partial charge in [0.15, 0.2) is 5.96 Å². The zero-order valence-corrected chi connectivity index (χ0v) is 19.9. The van der Waals surface area contributed by atoms with E-state index in [0.29, 0.717) is 12.5 Å². The third-order valence-electron chi connectivity index (χ3n) is 5.01. The van der Waals surface area contributed by atoms with Crippen molar-refractivity contribution in [2.45, 2.75) is 19.4 Å². The normalized spacial score (nSPS) is 15.8. The molecule has 8 nitrogen and oxygen atoms in total. The Morgan fingerprint density at radius 2 is 1.87 bits per heavy atom. The van der Waals surface area contributed by atoms with Crippen molar-refractivity contribution in [3.63, 3.8) is 0 Å². The summed E-state index contributed by atoms with van der Waals surface area (Å²) >= 11 is 0. The fourth-order valence-corrected chi connectivity index (χ4v) is 3.17. The first kappa shape index (κ1) is 24.9. The Hall–Kier alpha value is -2.40. The summed E-state index contributed by atoms with van der Waals surface area (Å²) in [6.07, 6.45) is 1.91. The van der Waals surface area contributed by atoms with Gasteiger partial charge in [0.2, 0.25) is 0 Å². The summed E-state index contributed by atoms with van der Waals surface area (Å²) in [5, 5.41) is 17.6. The van der Waals surface area contributed by atoms with Crippen molar-refractivity contribution in [3.8, 4) is 5.75 Å². The lowest BCUT2D eigenvalue weighted by molar-refractivity contribution is -0.384. The molecule has 3 rings (SSSR count). The molecule has 0 amide bonds. The first-order valence-corrected chi connectivity index (χ1v) is 10.1. The average Bonchev–Trinajstić information content (AvgIpc) is 3.29. The Morgan fingerprint density at radius 1 is 1.16 bits per heavy atom. The highest BCUT2D eigenvalue weighted by Crippen LogP contribution is 2.13. The number of nitrogens with zero attached hydrogens (tertiary/aromatic N) is 2. The van der Waals surface area contributed by atoms with E-state index in [2.05, 4.69) is 27.8 Å². The smallest absolute Gasteiger partial charge is 0.269 e. The molecule has 0 bridgehead atoms. The number of guanidine groups is 1. The van der Waals surface area contributed by atoms with E-state index in [-0.39, 0.29) is 29.7 Å². The fourth-order valence-electron chi connectivity index (χ4n) is 3.17. The van der Waals surface area contributed by atoms with Gasteiger partial charge in [-0.3, -0.25) is 10.1 Å². The predicted molar refractivity (Wildman–Crippen MR) is 131 cm³/mol. The SMILES string of the molecule is COc1ccc(CCNC(=NCc2ccc([N+](=O)[O-])cc2)NCC2CCOC2)cc1.I. The van der Waals surface area contributed by atoms with Crippen molar-refractivity contribution >= 4 is 35.6 Å². The van der Waals surface area contributed by atoms with Crippen LogP contribution < -0.4 is 15.4 Å². The van der Waals surface area contributed by atoms with Gasteiger partial charge >= 0.3 is 0 Å². The van der Waals surface area contributed by atoms with Gasteiger partial charge in [-0.2, -0.15) is 0 Å². The number of methoxy groups -OCH3 is 1. The maximum atomic E-state index is 10.8. The number of hydrogen-bond acceptors (Lipinski definition) is 5. The van der Waals surface area contributed by atoms with Gasteiger partial charge in [-0.15, -0.1) is 24.0 Å². The zero-order valence-electron chi connectivity index (χ0n) is 17.6. The molecule has 1 atom stereocenters. The molecule has 1 aliphatic heterocycles. The Bertz CT molecular complexity index is 838. The summed E-state index contributed by atoms with van der Waals surface area (Å²) < 4.78 is 10.6. The van der Waals surface area contributed by atoms with Crippen molar-refractivity contribution in [2.75, 3.05) is 33.4 Å². The second-order valence-electron chi connectivity index (χ2n) is 7.22. The van der Waals surface area contributed by atoms with E-state index in [4.69, 9.17) is 9.47 Å². The first-order chi connectivity index (χ1) is 14.6. The highest BCUT2D eigenvalue weighted by molar-refractivity contribution is 14.0. The number of benzene rings is 2. The van der Waals surface area contributed by atoms with Gasteiger partial charge in [0.1, 0.15) is 5.75 Å². The molecule has 0 radical (unpaired) electrons. The Kier molecular flexibility index (Phi) is 10.5. The van der Waals surface area contributed by atoms with Crippen molar-refractivity contribution in [2.24, 2.45) is 10.9 Å². The van der Waals surface area contributed by atoms with Crippen LogP contribution in [-0.2, 0) is 17.7 Å². The molecule has 1 unspecified atom stereocenters. The van der Waals surface area contributed by atoms with Gasteiger partial charge in [0.25, 0.3) is 5.69 Å². The third-order valence-corrected chi connectivity index (χ3v) is 5.01. The summed E-state index contributed by atoms with van der Waals surface area (Å²) in [4.78, 5) is 15.1. The molecule has 2 aromatic rings. The summed E-state index contributed by atoms with van der Waals surface area (Å²) in [6.45, 7) is 3.56. The van der Waals surface area contributed by atoms with Crippen LogP contribution in [-0.4, -0.2) is 44.3 Å². The summed E-state index contributed by atoms with van der Waals surface area (Å²) in [5.74, 6) is 2.06. The van der Waals surface area contributed by atoms with Gasteiger partial charge in [-0.25, -0.2) is 4.99 Å². The number of aliphatic imine (C=N–C) groups is 1. The first-order valence-electron chi connectivity index (χ1n) is 10.1. The van der Waals surface area contributed by atoms with Crippen LogP contribution in [0.2, 0.25) is 0 Å². The molecule has 1 fully saturated rings. The lowest BCUT2D eigenvalue weighted by Crippen LogP contribution is -2.41. The van der Waals surface area contributed by atoms with Crippen LogP contribution in [0.15, 0.2) is 53.5 Å². The molecule has 1 heterocycles. The van der Waals surface area contributed by atoms with E-state index < -0.39 is 4.92 Å². The van der Waals surface area contributed by atoms with Gasteiger partial charge in [-0.05, 0) is 36.1 Å². The van der Waals surface area contributed by atoms with Crippen molar-refractivity contribution in [1.29, 1.82) is 0 Å². The predicted octanol–water partition coefficient (Wildman–Crippen LogP) is 3.54. The highest BCUT2D eigenvalue weighted by Gasteiger charge is 2.15. The number of ether oxygens (including phenoxy) is 2. The highest BCUT2D eigenvalue weighted by atomic mass is 127. The summed E-state index contributed by atoms with van der Waals surface area (Å²) in [5.41, 5.74) is 2.21. The third kappa shape index (κ3) is 8.33. The average molecular weight is 540 g/mol. The number of halogens is 1. The van der Waals surface area contributed by atoms with Crippen molar-refractivity contribution < 1.29 is 14.4 Å². The van der Waals surface area contributed by atoms with Crippen LogP contribution in [0.3, 0.4) is 0 Å². The largest absolute Gasteiger partial charge is 0.497 e. The molecule has 1 aliphatic rings. The zero-order chi connectivity index (χ0) is 21.2. The number of hydrogen-bond donors (Lipinski definition) is 2. The van der Waals surface area contributed by atoms with E-state index >= 15 is 0 Å². The summed E-state index contributed by atoms with van der Waals surface area (Å²) in [7, 11) is 1.66. The molecule has 2 aromatic carbocycles. The lowest BCUT2D eigenvalue weighted by Gasteiger charge is -2.15. The van der Waals surface area contributed by atoms with Crippen molar-refractivity contribution in [3.05, 3.63) is 69.8 Å². The minimum absolute atomic E-state index is 0. The molecular weight excluding hydrogens is 511 g/mol. The number of nitrogens with one attached hydrogen (secondary N) is 2. The molecule has 0 aliphatic carbocycles. The minimum Gasteiger partial charge on any atom is -0.497 e. The number of nitro groups is 1. The van der Waals surface area contributed by atoms with E-state index in [1.807, 2.05) is 12.1 Å². The van der Waals surface area contributed by atoms with Crippen molar-refractivity contribution in [1.82, 2.24) is 10.6 Å². The second-order valence-corrected chi connectivity index (χ2v) is 7.22. The molecule has 0 spiro atoms. The number of non-ortho nitro benzene ring substituents is 1. The number of rotatable bonds is 9. The Labute approximate surface area is 199 Å². The van der Waals surface area contributed by atoms with Gasteiger partial charge in [0, 0.05) is 37.7 Å². The Morgan fingerprint density at radius 3 is 2.48 bits per heavy atom. The maximum absolute atomic E-state index is 10.8. The van der Waals surface area contributed by atoms with E-state index in [1.54, 1.807) is 19.2 Å². The van der Waals surface area contributed by atoms with E-state index in [1.165, 1.54) is 17.7 Å². The number of nitro benzene ring substituents is 1. The van der Waals surface area contributed by atoms with Gasteiger partial charge in [-0.1, -0.05) is 24.3 Å². The molecule has 0 aromatic heterocycles. The lowest BCUT2D eigenvalue weighted by atomic mass is 10.1. The fraction of sp³-hybridized carbons (Fsp3) is 0.409. The van der Waals surface area contributed by atoms with Crippen LogP contribution in [0, 0.1) is 16.0 Å². The van der Waals surface area contributed by atoms with Crippen LogP contribution in [0.4, 0.5) is 5.69 Å². The molecule has 0 saturated carbocycles. The van der Waals surface area contributed by atoms with Crippen LogP contribution >= 0.6 is 24.0 Å². The van der Waals surface area contributed by atoms with Gasteiger partial charge < -0.3 is 20.1 Å². The van der Waals surface area contributed by atoms with E-state index in [0.717, 1.165) is 56.4 Å². The minimum atomic E-state index is -0.398. The topological polar surface area (TPSA) is 98.0 Å². The summed E-state index contributed by atoms with van der Waals surface area (Å²) in [6, 6.07) is 14.5. The quantitative estimate of drug-likeness (QED) is 0.166. The van der Waals surface area contributed by atoms with Crippen LogP contribution in [0.25, 0.3) is 0 Å².